The maximum atomic E-state index is 13.0. The summed E-state index contributed by atoms with van der Waals surface area (Å²) in [6.07, 6.45) is -1.21. The van der Waals surface area contributed by atoms with Gasteiger partial charge in [-0.05, 0) is 56.3 Å². The largest absolute Gasteiger partial charge is 0.449 e. The number of carbonyl (C=O) groups is 4. The fraction of sp³-hybridized carbons (Fsp3) is 0.120. The lowest BCUT2D eigenvalue weighted by Crippen LogP contribution is -2.30. The molecular weight excluding hydrogens is 476 g/mol. The SMILES string of the molecule is CC(=O)c1ccc(NC(=O)C(C)OC(=O)c2ccccc2C(=O)c2ccc(Cl)c([N+](=O)[O-])c2)cc1. The minimum absolute atomic E-state index is 0.0406. The van der Waals surface area contributed by atoms with Gasteiger partial charge in [0.05, 0.1) is 10.5 Å². The van der Waals surface area contributed by atoms with Crippen LogP contribution in [0, 0.1) is 10.1 Å². The normalized spacial score (nSPS) is 11.3. The third kappa shape index (κ3) is 5.96. The van der Waals surface area contributed by atoms with E-state index in [1.54, 1.807) is 24.3 Å². The van der Waals surface area contributed by atoms with Crippen molar-refractivity contribution in [2.45, 2.75) is 20.0 Å². The summed E-state index contributed by atoms with van der Waals surface area (Å²) in [5.74, 6) is -2.32. The first-order valence-corrected chi connectivity index (χ1v) is 10.7. The third-order valence-electron chi connectivity index (χ3n) is 5.01. The highest BCUT2D eigenvalue weighted by atomic mass is 35.5. The fourth-order valence-electron chi connectivity index (χ4n) is 3.12. The average molecular weight is 495 g/mol. The summed E-state index contributed by atoms with van der Waals surface area (Å²) in [6.45, 7) is 2.79. The van der Waals surface area contributed by atoms with Gasteiger partial charge in [0.1, 0.15) is 5.02 Å². The molecule has 1 unspecified atom stereocenters. The second-order valence-electron chi connectivity index (χ2n) is 7.47. The Bertz CT molecular complexity index is 1340. The Labute approximate surface area is 204 Å². The van der Waals surface area contributed by atoms with E-state index in [9.17, 15) is 29.3 Å². The van der Waals surface area contributed by atoms with Crippen molar-refractivity contribution in [3.05, 3.63) is 104 Å². The molecule has 0 radical (unpaired) electrons. The van der Waals surface area contributed by atoms with E-state index in [0.717, 1.165) is 6.07 Å². The van der Waals surface area contributed by atoms with E-state index in [2.05, 4.69) is 5.32 Å². The van der Waals surface area contributed by atoms with Crippen LogP contribution < -0.4 is 5.32 Å². The predicted octanol–water partition coefficient (Wildman–Crippen LogP) is 4.87. The van der Waals surface area contributed by atoms with Crippen LogP contribution in [0.4, 0.5) is 11.4 Å². The second kappa shape index (κ2) is 10.7. The van der Waals surface area contributed by atoms with Gasteiger partial charge in [-0.2, -0.15) is 0 Å². The van der Waals surface area contributed by atoms with Gasteiger partial charge >= 0.3 is 5.97 Å². The molecule has 1 atom stereocenters. The van der Waals surface area contributed by atoms with E-state index in [1.807, 2.05) is 0 Å². The van der Waals surface area contributed by atoms with Crippen LogP contribution in [-0.4, -0.2) is 34.5 Å². The highest BCUT2D eigenvalue weighted by molar-refractivity contribution is 6.33. The van der Waals surface area contributed by atoms with Crippen molar-refractivity contribution < 1.29 is 28.8 Å². The molecule has 1 amide bonds. The number of esters is 1. The minimum atomic E-state index is -1.21. The van der Waals surface area contributed by atoms with Crippen LogP contribution in [0.5, 0.6) is 0 Å². The number of carbonyl (C=O) groups excluding carboxylic acids is 4. The van der Waals surface area contributed by atoms with E-state index in [-0.39, 0.29) is 27.5 Å². The minimum Gasteiger partial charge on any atom is -0.449 e. The highest BCUT2D eigenvalue weighted by Gasteiger charge is 2.25. The van der Waals surface area contributed by atoms with Gasteiger partial charge in [0.15, 0.2) is 17.7 Å². The Morgan fingerprint density at radius 2 is 1.54 bits per heavy atom. The number of nitro benzene ring substituents is 1. The quantitative estimate of drug-likeness (QED) is 0.204. The summed E-state index contributed by atoms with van der Waals surface area (Å²) >= 11 is 5.81. The molecule has 0 bridgehead atoms. The van der Waals surface area contributed by atoms with Crippen molar-refractivity contribution in [3.8, 4) is 0 Å². The van der Waals surface area contributed by atoms with Crippen LogP contribution in [0.1, 0.15) is 50.5 Å². The molecule has 0 aromatic heterocycles. The molecule has 0 aliphatic heterocycles. The molecular formula is C25H19ClN2O7. The smallest absolute Gasteiger partial charge is 0.339 e. The second-order valence-corrected chi connectivity index (χ2v) is 7.88. The average Bonchev–Trinajstić information content (AvgIpc) is 2.83. The lowest BCUT2D eigenvalue weighted by Gasteiger charge is -2.15. The summed E-state index contributed by atoms with van der Waals surface area (Å²) < 4.78 is 5.25. The molecule has 9 nitrogen and oxygen atoms in total. The number of halogens is 1. The number of nitrogens with one attached hydrogen (secondary N) is 1. The van der Waals surface area contributed by atoms with Gasteiger partial charge < -0.3 is 10.1 Å². The first-order chi connectivity index (χ1) is 16.6. The van der Waals surface area contributed by atoms with Gasteiger partial charge in [-0.15, -0.1) is 0 Å². The van der Waals surface area contributed by atoms with Crippen molar-refractivity contribution in [1.29, 1.82) is 0 Å². The van der Waals surface area contributed by atoms with Gasteiger partial charge in [-0.25, -0.2) is 4.79 Å². The zero-order valence-electron chi connectivity index (χ0n) is 18.6. The Morgan fingerprint density at radius 1 is 0.943 bits per heavy atom. The molecule has 178 valence electrons. The zero-order chi connectivity index (χ0) is 25.7. The summed E-state index contributed by atoms with van der Waals surface area (Å²) in [7, 11) is 0. The molecule has 10 heteroatoms. The number of ketones is 2. The van der Waals surface area contributed by atoms with Crippen molar-refractivity contribution in [1.82, 2.24) is 0 Å². The lowest BCUT2D eigenvalue weighted by atomic mass is 9.98. The molecule has 0 aliphatic carbocycles. The number of nitro groups is 1. The molecule has 0 saturated carbocycles. The van der Waals surface area contributed by atoms with Gasteiger partial charge in [-0.3, -0.25) is 24.5 Å². The Kier molecular flexibility index (Phi) is 7.73. The number of hydrogen-bond donors (Lipinski definition) is 1. The maximum Gasteiger partial charge on any atom is 0.339 e. The van der Waals surface area contributed by atoms with Crippen LogP contribution in [0.2, 0.25) is 5.02 Å². The Balaban J connectivity index is 1.76. The van der Waals surface area contributed by atoms with Crippen LogP contribution in [-0.2, 0) is 9.53 Å². The first kappa shape index (κ1) is 25.3. The summed E-state index contributed by atoms with van der Waals surface area (Å²) in [5, 5.41) is 13.6. The number of nitrogens with zero attached hydrogens (tertiary/aromatic N) is 1. The van der Waals surface area contributed by atoms with Gasteiger partial charge in [-0.1, -0.05) is 29.8 Å². The molecule has 0 heterocycles. The molecule has 0 fully saturated rings. The molecule has 0 saturated heterocycles. The summed E-state index contributed by atoms with van der Waals surface area (Å²) in [5.41, 5.74) is 0.236. The van der Waals surface area contributed by atoms with E-state index in [0.29, 0.717) is 11.3 Å². The Morgan fingerprint density at radius 3 is 2.14 bits per heavy atom. The van der Waals surface area contributed by atoms with Crippen molar-refractivity contribution in [3.63, 3.8) is 0 Å². The molecule has 35 heavy (non-hydrogen) atoms. The monoisotopic (exact) mass is 494 g/mol. The summed E-state index contributed by atoms with van der Waals surface area (Å²) in [6, 6.07) is 15.5. The lowest BCUT2D eigenvalue weighted by molar-refractivity contribution is -0.384. The fourth-order valence-corrected chi connectivity index (χ4v) is 3.30. The van der Waals surface area contributed by atoms with Gasteiger partial charge in [0.25, 0.3) is 11.6 Å². The van der Waals surface area contributed by atoms with Crippen molar-refractivity contribution in [2.75, 3.05) is 5.32 Å². The van der Waals surface area contributed by atoms with Crippen LogP contribution in [0.15, 0.2) is 66.7 Å². The van der Waals surface area contributed by atoms with Crippen LogP contribution in [0.3, 0.4) is 0 Å². The number of rotatable bonds is 8. The number of hydrogen-bond acceptors (Lipinski definition) is 7. The maximum absolute atomic E-state index is 13.0. The van der Waals surface area contributed by atoms with Gasteiger partial charge in [0.2, 0.25) is 0 Å². The number of amides is 1. The highest BCUT2D eigenvalue weighted by Crippen LogP contribution is 2.27. The molecule has 1 N–H and O–H groups in total. The third-order valence-corrected chi connectivity index (χ3v) is 5.33. The van der Waals surface area contributed by atoms with Crippen LogP contribution >= 0.6 is 11.6 Å². The molecule has 3 aromatic rings. The van der Waals surface area contributed by atoms with E-state index < -0.39 is 34.4 Å². The van der Waals surface area contributed by atoms with Crippen molar-refractivity contribution in [2.24, 2.45) is 0 Å². The van der Waals surface area contributed by atoms with Crippen LogP contribution in [0.25, 0.3) is 0 Å². The summed E-state index contributed by atoms with van der Waals surface area (Å²) in [4.78, 5) is 60.1. The van der Waals surface area contributed by atoms with Gasteiger partial charge in [0, 0.05) is 28.4 Å². The van der Waals surface area contributed by atoms with E-state index >= 15 is 0 Å². The zero-order valence-corrected chi connectivity index (χ0v) is 19.4. The first-order valence-electron chi connectivity index (χ1n) is 10.3. The topological polar surface area (TPSA) is 133 Å². The standard InChI is InChI=1S/C25H19ClN2O7/c1-14(29)16-7-10-18(11-8-16)27-24(31)15(2)35-25(32)20-6-4-3-5-19(20)23(30)17-9-12-21(26)22(13-17)28(33)34/h3-13,15H,1-2H3,(H,27,31). The molecule has 3 aromatic carbocycles. The van der Waals surface area contributed by atoms with E-state index in [4.69, 9.17) is 16.3 Å². The number of Topliss-reactive ketones (excluding diaryl/α,β-unsaturated/α-hetero) is 1. The number of benzene rings is 3. The molecule has 0 aliphatic rings. The van der Waals surface area contributed by atoms with E-state index in [1.165, 1.54) is 50.2 Å². The molecule has 3 rings (SSSR count). The number of ether oxygens (including phenoxy) is 1. The number of anilines is 1. The Hall–Kier alpha value is -4.37. The predicted molar refractivity (Wildman–Crippen MR) is 128 cm³/mol. The molecule has 0 spiro atoms. The van der Waals surface area contributed by atoms with Crippen molar-refractivity contribution >= 4 is 46.4 Å².